The van der Waals surface area contributed by atoms with Gasteiger partial charge in [-0.15, -0.1) is 0 Å². The van der Waals surface area contributed by atoms with Crippen molar-refractivity contribution in [2.24, 2.45) is 17.8 Å². The minimum Gasteiger partial charge on any atom is -0.491 e. The van der Waals surface area contributed by atoms with E-state index in [1.54, 1.807) is 13.0 Å². The van der Waals surface area contributed by atoms with Gasteiger partial charge in [0.25, 0.3) is 0 Å². The van der Waals surface area contributed by atoms with Gasteiger partial charge >= 0.3 is 0 Å². The molecule has 0 heterocycles. The third-order valence-electron chi connectivity index (χ3n) is 7.08. The van der Waals surface area contributed by atoms with Gasteiger partial charge in [0.05, 0.1) is 6.61 Å². The fourth-order valence-corrected chi connectivity index (χ4v) is 5.04. The summed E-state index contributed by atoms with van der Waals surface area (Å²) in [5.74, 6) is 0.766. The van der Waals surface area contributed by atoms with Gasteiger partial charge in [0, 0.05) is 5.56 Å². The van der Waals surface area contributed by atoms with Gasteiger partial charge in [-0.2, -0.15) is 4.39 Å². The molecule has 0 amide bonds. The van der Waals surface area contributed by atoms with Crippen LogP contribution in [0.15, 0.2) is 60.7 Å². The van der Waals surface area contributed by atoms with E-state index >= 15 is 0 Å². The Bertz CT molecular complexity index is 952. The van der Waals surface area contributed by atoms with Crippen LogP contribution in [0.1, 0.15) is 63.9 Å². The normalized spacial score (nSPS) is 25.9. The molecular formula is C29H34F2O. The van der Waals surface area contributed by atoms with Crippen LogP contribution in [-0.2, 0) is 0 Å². The van der Waals surface area contributed by atoms with Gasteiger partial charge in [-0.1, -0.05) is 55.5 Å². The smallest absolute Gasteiger partial charge is 0.201 e. The summed E-state index contributed by atoms with van der Waals surface area (Å²) in [4.78, 5) is 0. The van der Waals surface area contributed by atoms with Gasteiger partial charge in [0.1, 0.15) is 0 Å². The number of rotatable bonds is 6. The summed E-state index contributed by atoms with van der Waals surface area (Å²) in [5, 5.41) is 0. The third kappa shape index (κ3) is 5.31. The fourth-order valence-electron chi connectivity index (χ4n) is 5.04. The van der Waals surface area contributed by atoms with Gasteiger partial charge < -0.3 is 4.74 Å². The first-order valence-corrected chi connectivity index (χ1v) is 12.1. The lowest BCUT2D eigenvalue weighted by atomic mass is 9.78. The zero-order chi connectivity index (χ0) is 22.5. The zero-order valence-electron chi connectivity index (χ0n) is 19.2. The number of halogens is 2. The first-order chi connectivity index (χ1) is 15.5. The van der Waals surface area contributed by atoms with E-state index in [1.807, 2.05) is 12.1 Å². The molecule has 0 N–H and O–H groups in total. The van der Waals surface area contributed by atoms with E-state index in [2.05, 4.69) is 43.4 Å². The average Bonchev–Trinajstić information content (AvgIpc) is 2.82. The van der Waals surface area contributed by atoms with Crippen LogP contribution in [0.2, 0.25) is 0 Å². The zero-order valence-corrected chi connectivity index (χ0v) is 19.2. The molecule has 1 fully saturated rings. The van der Waals surface area contributed by atoms with E-state index in [-0.39, 0.29) is 11.3 Å². The second-order valence-corrected chi connectivity index (χ2v) is 9.39. The van der Waals surface area contributed by atoms with E-state index in [0.29, 0.717) is 29.9 Å². The van der Waals surface area contributed by atoms with Crippen molar-refractivity contribution < 1.29 is 13.5 Å². The molecule has 2 atom stereocenters. The molecule has 2 aromatic rings. The average molecular weight is 437 g/mol. The maximum atomic E-state index is 14.5. The molecule has 2 aromatic carbocycles. The van der Waals surface area contributed by atoms with Crippen molar-refractivity contribution in [3.63, 3.8) is 0 Å². The van der Waals surface area contributed by atoms with E-state index in [0.717, 1.165) is 5.92 Å². The van der Waals surface area contributed by atoms with Crippen molar-refractivity contribution in [1.29, 1.82) is 0 Å². The van der Waals surface area contributed by atoms with Crippen LogP contribution in [-0.4, -0.2) is 6.61 Å². The van der Waals surface area contributed by atoms with Crippen molar-refractivity contribution in [3.05, 3.63) is 77.9 Å². The summed E-state index contributed by atoms with van der Waals surface area (Å²) >= 11 is 0. The Kier molecular flexibility index (Phi) is 7.44. The molecule has 0 aromatic heterocycles. The first-order valence-electron chi connectivity index (χ1n) is 12.1. The van der Waals surface area contributed by atoms with Crippen LogP contribution in [0.5, 0.6) is 5.75 Å². The van der Waals surface area contributed by atoms with Crippen molar-refractivity contribution >= 4 is 0 Å². The summed E-state index contributed by atoms with van der Waals surface area (Å²) in [6.45, 7) is 4.35. The number of allylic oxidation sites excluding steroid dienone is 4. The Labute approximate surface area is 191 Å². The Morgan fingerprint density at radius 3 is 2.25 bits per heavy atom. The Morgan fingerprint density at radius 1 is 0.844 bits per heavy atom. The molecule has 1 nitrogen and oxygen atoms in total. The van der Waals surface area contributed by atoms with Crippen LogP contribution in [0.3, 0.4) is 0 Å². The van der Waals surface area contributed by atoms with Crippen LogP contribution >= 0.6 is 0 Å². The molecule has 2 aliphatic rings. The summed E-state index contributed by atoms with van der Waals surface area (Å²) in [5.41, 5.74) is 2.27. The van der Waals surface area contributed by atoms with Crippen molar-refractivity contribution in [2.75, 3.05) is 6.61 Å². The van der Waals surface area contributed by atoms with Gasteiger partial charge in [-0.3, -0.25) is 0 Å². The second kappa shape index (κ2) is 10.5. The number of benzene rings is 2. The Hall–Kier alpha value is -2.42. The minimum atomic E-state index is -0.918. The van der Waals surface area contributed by atoms with Crippen molar-refractivity contribution in [1.82, 2.24) is 0 Å². The highest BCUT2D eigenvalue weighted by molar-refractivity contribution is 5.65. The third-order valence-corrected chi connectivity index (χ3v) is 7.08. The maximum absolute atomic E-state index is 14.5. The first kappa shape index (κ1) is 22.8. The molecule has 0 bridgehead atoms. The van der Waals surface area contributed by atoms with Gasteiger partial charge in [0.2, 0.25) is 5.82 Å². The van der Waals surface area contributed by atoms with E-state index in [1.165, 1.54) is 50.2 Å². The number of hydrogen-bond donors (Lipinski definition) is 0. The molecule has 3 heteroatoms. The molecule has 170 valence electrons. The molecule has 0 radical (unpaired) electrons. The summed E-state index contributed by atoms with van der Waals surface area (Å²) in [6, 6.07) is 11.1. The van der Waals surface area contributed by atoms with Crippen LogP contribution in [0.25, 0.3) is 11.1 Å². The highest BCUT2D eigenvalue weighted by atomic mass is 19.2. The van der Waals surface area contributed by atoms with Crippen LogP contribution < -0.4 is 4.74 Å². The molecule has 0 saturated heterocycles. The molecule has 0 aliphatic heterocycles. The predicted octanol–water partition coefficient (Wildman–Crippen LogP) is 8.46. The fraction of sp³-hybridized carbons (Fsp3) is 0.448. The van der Waals surface area contributed by atoms with Crippen LogP contribution in [0, 0.1) is 29.4 Å². The van der Waals surface area contributed by atoms with Gasteiger partial charge in [-0.05, 0) is 92.4 Å². The van der Waals surface area contributed by atoms with Crippen LogP contribution in [0.4, 0.5) is 8.78 Å². The largest absolute Gasteiger partial charge is 0.491 e. The standard InChI is InChI=1S/C29H34F2O/c1-3-32-27-19-18-26(28(30)29(27)31)25-16-14-24(15-17-25)23-12-10-22(11-13-23)9-8-21-6-4-20(2)5-7-21/h4,6,8-9,14-23H,3,5,7,10-13H2,1-2H3/b9-8+. The van der Waals surface area contributed by atoms with E-state index in [9.17, 15) is 8.78 Å². The van der Waals surface area contributed by atoms with E-state index < -0.39 is 11.6 Å². The highest BCUT2D eigenvalue weighted by Crippen LogP contribution is 2.38. The maximum Gasteiger partial charge on any atom is 0.201 e. The predicted molar refractivity (Wildman–Crippen MR) is 128 cm³/mol. The second-order valence-electron chi connectivity index (χ2n) is 9.39. The monoisotopic (exact) mass is 436 g/mol. The topological polar surface area (TPSA) is 9.23 Å². The minimum absolute atomic E-state index is 0.0368. The quantitative estimate of drug-likeness (QED) is 0.413. The molecule has 2 aliphatic carbocycles. The molecular weight excluding hydrogens is 402 g/mol. The molecule has 2 unspecified atom stereocenters. The van der Waals surface area contributed by atoms with Gasteiger partial charge in [0.15, 0.2) is 11.6 Å². The summed E-state index contributed by atoms with van der Waals surface area (Å²) < 4.78 is 33.9. The van der Waals surface area contributed by atoms with Crippen molar-refractivity contribution in [2.45, 2.75) is 58.3 Å². The number of hydrogen-bond acceptors (Lipinski definition) is 1. The van der Waals surface area contributed by atoms with E-state index in [4.69, 9.17) is 4.74 Å². The number of ether oxygens (including phenoxy) is 1. The molecule has 1 saturated carbocycles. The summed E-state index contributed by atoms with van der Waals surface area (Å²) in [6.07, 6.45) is 17.0. The molecule has 0 spiro atoms. The Balaban J connectivity index is 1.35. The lowest BCUT2D eigenvalue weighted by Crippen LogP contribution is -2.12. The van der Waals surface area contributed by atoms with Crippen molar-refractivity contribution in [3.8, 4) is 16.9 Å². The summed E-state index contributed by atoms with van der Waals surface area (Å²) in [7, 11) is 0. The lowest BCUT2D eigenvalue weighted by molar-refractivity contribution is 0.314. The Morgan fingerprint density at radius 2 is 1.59 bits per heavy atom. The van der Waals surface area contributed by atoms with Gasteiger partial charge in [-0.25, -0.2) is 4.39 Å². The highest BCUT2D eigenvalue weighted by Gasteiger charge is 2.22. The SMILES string of the molecule is CCOc1ccc(-c2ccc(C3CCC(/C=C/C4C=CC(C)CC4)CC3)cc2)c(F)c1F. The molecule has 4 rings (SSSR count). The molecule has 32 heavy (non-hydrogen) atoms. The lowest BCUT2D eigenvalue weighted by Gasteiger charge is -2.27.